The van der Waals surface area contributed by atoms with E-state index in [-0.39, 0.29) is 11.4 Å². The summed E-state index contributed by atoms with van der Waals surface area (Å²) in [4.78, 5) is 15.1. The Labute approximate surface area is 106 Å². The van der Waals surface area contributed by atoms with Crippen LogP contribution in [0.4, 0.5) is 4.39 Å². The minimum atomic E-state index is -0.509. The molecule has 0 aliphatic carbocycles. The van der Waals surface area contributed by atoms with Crippen LogP contribution in [0, 0.1) is 11.8 Å². The fourth-order valence-corrected chi connectivity index (χ4v) is 1.31. The Morgan fingerprint density at radius 1 is 1.56 bits per heavy atom. The third-order valence-corrected chi connectivity index (χ3v) is 2.19. The van der Waals surface area contributed by atoms with Gasteiger partial charge >= 0.3 is 0 Å². The van der Waals surface area contributed by atoms with Crippen LogP contribution in [0.15, 0.2) is 48.1 Å². The fraction of sp³-hybridized carbons (Fsp3) is 0.200. The molecule has 1 aromatic heterocycles. The van der Waals surface area contributed by atoms with Gasteiger partial charge in [0.15, 0.2) is 5.78 Å². The second kappa shape index (κ2) is 7.18. The van der Waals surface area contributed by atoms with Gasteiger partial charge in [0.05, 0.1) is 0 Å². The van der Waals surface area contributed by atoms with E-state index in [0.717, 1.165) is 5.56 Å². The minimum absolute atomic E-state index is 0.0815. The van der Waals surface area contributed by atoms with Gasteiger partial charge in [-0.15, -0.1) is 0 Å². The molecule has 1 rings (SSSR count). The topological polar surface area (TPSA) is 30.0 Å². The van der Waals surface area contributed by atoms with Gasteiger partial charge in [0.2, 0.25) is 0 Å². The van der Waals surface area contributed by atoms with Crippen LogP contribution in [0.1, 0.15) is 25.8 Å². The zero-order valence-corrected chi connectivity index (χ0v) is 10.4. The van der Waals surface area contributed by atoms with Crippen molar-refractivity contribution in [3.05, 3.63) is 53.6 Å². The Hall–Kier alpha value is -2.21. The number of rotatable bonds is 3. The van der Waals surface area contributed by atoms with E-state index in [0.29, 0.717) is 6.42 Å². The lowest BCUT2D eigenvalue weighted by Gasteiger charge is -1.97. The van der Waals surface area contributed by atoms with Crippen LogP contribution in [0.5, 0.6) is 0 Å². The molecule has 0 unspecified atom stereocenters. The van der Waals surface area contributed by atoms with Crippen molar-refractivity contribution in [2.24, 2.45) is 0 Å². The van der Waals surface area contributed by atoms with Gasteiger partial charge in [-0.1, -0.05) is 24.0 Å². The molecule has 0 radical (unpaired) electrons. The normalized spacial score (nSPS) is 11.7. The largest absolute Gasteiger partial charge is 0.294 e. The molecule has 0 saturated heterocycles. The number of carbonyl (C=O) groups excluding carboxylic acids is 1. The number of ketones is 1. The molecule has 3 heteroatoms. The molecule has 1 aromatic rings. The molecule has 0 fully saturated rings. The van der Waals surface area contributed by atoms with Crippen molar-refractivity contribution in [2.45, 2.75) is 20.3 Å². The van der Waals surface area contributed by atoms with Crippen LogP contribution in [0.25, 0.3) is 0 Å². The van der Waals surface area contributed by atoms with Crippen molar-refractivity contribution in [2.75, 3.05) is 0 Å². The Kier molecular flexibility index (Phi) is 5.53. The first-order valence-electron chi connectivity index (χ1n) is 5.57. The molecule has 0 N–H and O–H groups in total. The molecule has 2 nitrogen and oxygen atoms in total. The molecule has 18 heavy (non-hydrogen) atoms. The first kappa shape index (κ1) is 13.9. The average Bonchev–Trinajstić information content (AvgIpc) is 2.38. The van der Waals surface area contributed by atoms with Gasteiger partial charge in [0.25, 0.3) is 0 Å². The number of nitrogens with zero attached hydrogens (tertiary/aromatic N) is 1. The summed E-state index contributed by atoms with van der Waals surface area (Å²) < 4.78 is 13.3. The summed E-state index contributed by atoms with van der Waals surface area (Å²) in [6.07, 6.45) is 6.41. The maximum atomic E-state index is 13.3. The summed E-state index contributed by atoms with van der Waals surface area (Å²) in [5.41, 5.74) is 0.875. The zero-order chi connectivity index (χ0) is 13.4. The number of hydrogen-bond acceptors (Lipinski definition) is 2. The van der Waals surface area contributed by atoms with Gasteiger partial charge in [0, 0.05) is 30.0 Å². The molecule has 0 aliphatic heterocycles. The maximum Gasteiger partial charge on any atom is 0.162 e. The van der Waals surface area contributed by atoms with Crippen molar-refractivity contribution >= 4 is 5.78 Å². The van der Waals surface area contributed by atoms with Crippen molar-refractivity contribution in [3.8, 4) is 11.8 Å². The molecule has 0 saturated carbocycles. The Bertz CT molecular complexity index is 533. The van der Waals surface area contributed by atoms with Gasteiger partial charge in [-0.3, -0.25) is 9.78 Å². The van der Waals surface area contributed by atoms with Gasteiger partial charge in [-0.05, 0) is 26.0 Å². The van der Waals surface area contributed by atoms with Gasteiger partial charge in [0.1, 0.15) is 5.83 Å². The lowest BCUT2D eigenvalue weighted by Crippen LogP contribution is -1.97. The van der Waals surface area contributed by atoms with Crippen molar-refractivity contribution < 1.29 is 9.18 Å². The molecule has 0 amide bonds. The van der Waals surface area contributed by atoms with E-state index in [1.165, 1.54) is 19.1 Å². The molecule has 0 atom stereocenters. The van der Waals surface area contributed by atoms with Crippen molar-refractivity contribution in [1.82, 2.24) is 4.98 Å². The number of aromatic nitrogens is 1. The summed E-state index contributed by atoms with van der Waals surface area (Å²) in [6.45, 7) is 2.89. The van der Waals surface area contributed by atoms with Gasteiger partial charge < -0.3 is 0 Å². The summed E-state index contributed by atoms with van der Waals surface area (Å²) in [5.74, 6) is 4.93. The lowest BCUT2D eigenvalue weighted by atomic mass is 10.1. The summed E-state index contributed by atoms with van der Waals surface area (Å²) in [5, 5.41) is 0. The highest BCUT2D eigenvalue weighted by Crippen LogP contribution is 2.13. The van der Waals surface area contributed by atoms with E-state index in [4.69, 9.17) is 0 Å². The second-order valence-corrected chi connectivity index (χ2v) is 3.56. The SMILES string of the molecule is C/C=C(F)\C(=C/CC#Cc1cccnc1)C(C)=O. The number of allylic oxidation sites excluding steroid dienone is 4. The Balaban J connectivity index is 2.75. The van der Waals surface area contributed by atoms with Crippen LogP contribution >= 0.6 is 0 Å². The molecular formula is C15H14FNO. The first-order chi connectivity index (χ1) is 8.65. The lowest BCUT2D eigenvalue weighted by molar-refractivity contribution is -0.113. The van der Waals surface area contributed by atoms with E-state index < -0.39 is 5.83 Å². The summed E-state index contributed by atoms with van der Waals surface area (Å²) in [6, 6.07) is 3.63. The predicted molar refractivity (Wildman–Crippen MR) is 69.4 cm³/mol. The summed E-state index contributed by atoms with van der Waals surface area (Å²) in [7, 11) is 0. The number of halogens is 1. The van der Waals surface area contributed by atoms with Crippen molar-refractivity contribution in [3.63, 3.8) is 0 Å². The highest BCUT2D eigenvalue weighted by Gasteiger charge is 2.07. The van der Waals surface area contributed by atoms with Gasteiger partial charge in [-0.25, -0.2) is 4.39 Å². The standard InChI is InChI=1S/C15H14FNO/c1-3-15(16)14(12(2)18)9-5-4-7-13-8-6-10-17-11-13/h3,6,8-11H,5H2,1-2H3/b14-9-,15-3+. The van der Waals surface area contributed by atoms with E-state index in [9.17, 15) is 9.18 Å². The Morgan fingerprint density at radius 3 is 2.89 bits per heavy atom. The van der Waals surface area contributed by atoms with E-state index >= 15 is 0 Å². The molecule has 92 valence electrons. The maximum absolute atomic E-state index is 13.3. The van der Waals surface area contributed by atoms with Crippen LogP contribution in [0.3, 0.4) is 0 Å². The highest BCUT2D eigenvalue weighted by molar-refractivity contribution is 5.97. The van der Waals surface area contributed by atoms with Gasteiger partial charge in [-0.2, -0.15) is 0 Å². The molecule has 0 aromatic carbocycles. The number of pyridine rings is 1. The Morgan fingerprint density at radius 2 is 2.33 bits per heavy atom. The first-order valence-corrected chi connectivity index (χ1v) is 5.57. The third kappa shape index (κ3) is 4.34. The minimum Gasteiger partial charge on any atom is -0.294 e. The monoisotopic (exact) mass is 243 g/mol. The number of carbonyl (C=O) groups is 1. The van der Waals surface area contributed by atoms with E-state index in [1.54, 1.807) is 25.4 Å². The third-order valence-electron chi connectivity index (χ3n) is 2.19. The highest BCUT2D eigenvalue weighted by atomic mass is 19.1. The average molecular weight is 243 g/mol. The molecule has 1 heterocycles. The number of Topliss-reactive ketones (excluding diaryl/α,β-unsaturated/α-hetero) is 1. The van der Waals surface area contributed by atoms with Crippen LogP contribution in [0.2, 0.25) is 0 Å². The molecule has 0 bridgehead atoms. The van der Waals surface area contributed by atoms with Crippen LogP contribution in [-0.2, 0) is 4.79 Å². The van der Waals surface area contributed by atoms with Crippen molar-refractivity contribution in [1.29, 1.82) is 0 Å². The van der Waals surface area contributed by atoms with E-state index in [2.05, 4.69) is 16.8 Å². The predicted octanol–water partition coefficient (Wildman–Crippen LogP) is 3.21. The molecule has 0 spiro atoms. The number of hydrogen-bond donors (Lipinski definition) is 0. The second-order valence-electron chi connectivity index (χ2n) is 3.56. The van der Waals surface area contributed by atoms with Crippen LogP contribution in [-0.4, -0.2) is 10.8 Å². The quantitative estimate of drug-likeness (QED) is 0.463. The zero-order valence-electron chi connectivity index (χ0n) is 10.4. The summed E-state index contributed by atoms with van der Waals surface area (Å²) >= 11 is 0. The van der Waals surface area contributed by atoms with Crippen LogP contribution < -0.4 is 0 Å². The fourth-order valence-electron chi connectivity index (χ4n) is 1.31. The molecular weight excluding hydrogens is 229 g/mol. The van der Waals surface area contributed by atoms with E-state index in [1.807, 2.05) is 6.07 Å². The molecule has 0 aliphatic rings. The smallest absolute Gasteiger partial charge is 0.162 e.